The first-order valence-corrected chi connectivity index (χ1v) is 6.28. The second-order valence-electron chi connectivity index (χ2n) is 4.30. The van der Waals surface area contributed by atoms with Gasteiger partial charge in [-0.25, -0.2) is 0 Å². The number of hydrogen-bond donors (Lipinski definition) is 2. The standard InChI is InChI=1S/C13H21N3O2/c1-4-16(5-2)9-10(3)15-13(18)11-6-7-12(17)14-8-11/h6-8,10H,4-5,9H2,1-3H3,(H,14,17)(H,15,18). The number of carbonyl (C=O) groups is 1. The van der Waals surface area contributed by atoms with Crippen LogP contribution in [0.25, 0.3) is 0 Å². The lowest BCUT2D eigenvalue weighted by Gasteiger charge is -2.23. The molecule has 5 heteroatoms. The molecule has 2 N–H and O–H groups in total. The smallest absolute Gasteiger partial charge is 0.253 e. The molecule has 0 spiro atoms. The Labute approximate surface area is 107 Å². The lowest BCUT2D eigenvalue weighted by atomic mass is 10.2. The summed E-state index contributed by atoms with van der Waals surface area (Å²) in [6.45, 7) is 8.93. The first-order chi connectivity index (χ1) is 8.56. The van der Waals surface area contributed by atoms with Crippen LogP contribution in [0.1, 0.15) is 31.1 Å². The third kappa shape index (κ3) is 4.33. The molecule has 100 valence electrons. The van der Waals surface area contributed by atoms with Crippen molar-refractivity contribution < 1.29 is 4.79 Å². The second-order valence-corrected chi connectivity index (χ2v) is 4.30. The molecule has 0 aliphatic carbocycles. The van der Waals surface area contributed by atoms with Gasteiger partial charge in [0.25, 0.3) is 5.91 Å². The maximum absolute atomic E-state index is 11.9. The first kappa shape index (κ1) is 14.4. The van der Waals surface area contributed by atoms with Crippen LogP contribution in [0.5, 0.6) is 0 Å². The number of rotatable bonds is 6. The van der Waals surface area contributed by atoms with Crippen LogP contribution in [0, 0.1) is 0 Å². The van der Waals surface area contributed by atoms with E-state index in [-0.39, 0.29) is 17.5 Å². The van der Waals surface area contributed by atoms with Gasteiger partial charge in [0.1, 0.15) is 0 Å². The highest BCUT2D eigenvalue weighted by Gasteiger charge is 2.11. The highest BCUT2D eigenvalue weighted by Crippen LogP contribution is 1.96. The zero-order valence-electron chi connectivity index (χ0n) is 11.2. The van der Waals surface area contributed by atoms with Crippen LogP contribution in [0.15, 0.2) is 23.1 Å². The van der Waals surface area contributed by atoms with E-state index in [0.29, 0.717) is 5.56 Å². The summed E-state index contributed by atoms with van der Waals surface area (Å²) in [6.07, 6.45) is 1.43. The van der Waals surface area contributed by atoms with Gasteiger partial charge in [-0.1, -0.05) is 13.8 Å². The zero-order chi connectivity index (χ0) is 13.5. The molecule has 0 aliphatic rings. The maximum atomic E-state index is 11.9. The Kier molecular flexibility index (Phi) is 5.58. The van der Waals surface area contributed by atoms with Crippen molar-refractivity contribution >= 4 is 5.91 Å². The molecule has 0 fully saturated rings. The third-order valence-electron chi connectivity index (χ3n) is 2.85. The lowest BCUT2D eigenvalue weighted by molar-refractivity contribution is 0.0930. The van der Waals surface area contributed by atoms with E-state index in [4.69, 9.17) is 0 Å². The van der Waals surface area contributed by atoms with E-state index in [0.717, 1.165) is 19.6 Å². The van der Waals surface area contributed by atoms with E-state index >= 15 is 0 Å². The van der Waals surface area contributed by atoms with Crippen molar-refractivity contribution in [1.29, 1.82) is 0 Å². The van der Waals surface area contributed by atoms with E-state index in [1.165, 1.54) is 18.3 Å². The molecule has 0 radical (unpaired) electrons. The van der Waals surface area contributed by atoms with Crippen LogP contribution < -0.4 is 10.9 Å². The Hall–Kier alpha value is -1.62. The molecule has 1 atom stereocenters. The topological polar surface area (TPSA) is 65.2 Å². The number of hydrogen-bond acceptors (Lipinski definition) is 3. The van der Waals surface area contributed by atoms with Gasteiger partial charge in [0.2, 0.25) is 5.56 Å². The molecular weight excluding hydrogens is 230 g/mol. The number of carbonyl (C=O) groups excluding carboxylic acids is 1. The normalized spacial score (nSPS) is 12.4. The Morgan fingerprint density at radius 3 is 2.56 bits per heavy atom. The van der Waals surface area contributed by atoms with Crippen molar-refractivity contribution in [1.82, 2.24) is 15.2 Å². The summed E-state index contributed by atoms with van der Waals surface area (Å²) in [4.78, 5) is 27.5. The van der Waals surface area contributed by atoms with Crippen LogP contribution in [-0.2, 0) is 0 Å². The molecule has 1 aromatic rings. The van der Waals surface area contributed by atoms with Crippen molar-refractivity contribution in [3.8, 4) is 0 Å². The fourth-order valence-electron chi connectivity index (χ4n) is 1.77. The van der Waals surface area contributed by atoms with Crippen molar-refractivity contribution in [2.45, 2.75) is 26.8 Å². The maximum Gasteiger partial charge on any atom is 0.253 e. The van der Waals surface area contributed by atoms with E-state index < -0.39 is 0 Å². The number of likely N-dealkylation sites (N-methyl/N-ethyl adjacent to an activating group) is 1. The minimum Gasteiger partial charge on any atom is -0.348 e. The Morgan fingerprint density at radius 1 is 1.39 bits per heavy atom. The van der Waals surface area contributed by atoms with Crippen molar-refractivity contribution in [3.63, 3.8) is 0 Å². The summed E-state index contributed by atoms with van der Waals surface area (Å²) in [5, 5.41) is 2.91. The number of amides is 1. The average molecular weight is 251 g/mol. The molecule has 5 nitrogen and oxygen atoms in total. The van der Waals surface area contributed by atoms with Gasteiger partial charge in [-0.3, -0.25) is 9.59 Å². The summed E-state index contributed by atoms with van der Waals surface area (Å²) in [5.74, 6) is -0.161. The van der Waals surface area contributed by atoms with Gasteiger partial charge in [-0.15, -0.1) is 0 Å². The summed E-state index contributed by atoms with van der Waals surface area (Å²) >= 11 is 0. The van der Waals surface area contributed by atoms with Crippen LogP contribution in [0.3, 0.4) is 0 Å². The van der Waals surface area contributed by atoms with E-state index in [9.17, 15) is 9.59 Å². The molecule has 0 saturated heterocycles. The molecule has 0 saturated carbocycles. The molecule has 0 aliphatic heterocycles. The summed E-state index contributed by atoms with van der Waals surface area (Å²) in [7, 11) is 0. The van der Waals surface area contributed by atoms with Crippen molar-refractivity contribution in [3.05, 3.63) is 34.2 Å². The Balaban J connectivity index is 2.54. The molecule has 1 aromatic heterocycles. The number of pyridine rings is 1. The minimum atomic E-state index is -0.206. The quantitative estimate of drug-likeness (QED) is 0.787. The number of H-pyrrole nitrogens is 1. The molecule has 1 heterocycles. The predicted molar refractivity (Wildman–Crippen MR) is 71.8 cm³/mol. The highest BCUT2D eigenvalue weighted by atomic mass is 16.2. The van der Waals surface area contributed by atoms with E-state index in [2.05, 4.69) is 29.0 Å². The highest BCUT2D eigenvalue weighted by molar-refractivity contribution is 5.93. The van der Waals surface area contributed by atoms with Crippen LogP contribution in [-0.4, -0.2) is 41.5 Å². The third-order valence-corrected chi connectivity index (χ3v) is 2.85. The van der Waals surface area contributed by atoms with Gasteiger partial charge < -0.3 is 15.2 Å². The minimum absolute atomic E-state index is 0.0735. The molecular formula is C13H21N3O2. The van der Waals surface area contributed by atoms with Crippen molar-refractivity contribution in [2.75, 3.05) is 19.6 Å². The summed E-state index contributed by atoms with van der Waals surface area (Å²) in [6, 6.07) is 2.95. The number of nitrogens with one attached hydrogen (secondary N) is 2. The Bertz CT molecular complexity index is 418. The fourth-order valence-corrected chi connectivity index (χ4v) is 1.77. The summed E-state index contributed by atoms with van der Waals surface area (Å²) < 4.78 is 0. The average Bonchev–Trinajstić information content (AvgIpc) is 2.36. The van der Waals surface area contributed by atoms with Gasteiger partial charge in [0, 0.05) is 24.8 Å². The number of aromatic nitrogens is 1. The van der Waals surface area contributed by atoms with Gasteiger partial charge in [-0.05, 0) is 26.1 Å². The fraction of sp³-hybridized carbons (Fsp3) is 0.538. The van der Waals surface area contributed by atoms with Crippen LogP contribution in [0.4, 0.5) is 0 Å². The van der Waals surface area contributed by atoms with Crippen LogP contribution >= 0.6 is 0 Å². The predicted octanol–water partition coefficient (Wildman–Crippen LogP) is 0.835. The Morgan fingerprint density at radius 2 is 2.06 bits per heavy atom. The molecule has 18 heavy (non-hydrogen) atoms. The lowest BCUT2D eigenvalue weighted by Crippen LogP contribution is -2.42. The van der Waals surface area contributed by atoms with Crippen LogP contribution in [0.2, 0.25) is 0 Å². The number of aromatic amines is 1. The van der Waals surface area contributed by atoms with Gasteiger partial charge in [0.15, 0.2) is 0 Å². The SMILES string of the molecule is CCN(CC)CC(C)NC(=O)c1ccc(=O)[nH]c1. The van der Waals surface area contributed by atoms with Gasteiger partial charge in [0.05, 0.1) is 5.56 Å². The van der Waals surface area contributed by atoms with Crippen molar-refractivity contribution in [2.24, 2.45) is 0 Å². The molecule has 1 rings (SSSR count). The van der Waals surface area contributed by atoms with E-state index in [1.807, 2.05) is 6.92 Å². The monoisotopic (exact) mass is 251 g/mol. The zero-order valence-corrected chi connectivity index (χ0v) is 11.2. The van der Waals surface area contributed by atoms with Gasteiger partial charge >= 0.3 is 0 Å². The molecule has 0 bridgehead atoms. The van der Waals surface area contributed by atoms with E-state index in [1.54, 1.807) is 0 Å². The van der Waals surface area contributed by atoms with Gasteiger partial charge in [-0.2, -0.15) is 0 Å². The largest absolute Gasteiger partial charge is 0.348 e. The summed E-state index contributed by atoms with van der Waals surface area (Å²) in [5.41, 5.74) is 0.267. The number of nitrogens with zero attached hydrogens (tertiary/aromatic N) is 1. The molecule has 1 unspecified atom stereocenters. The molecule has 1 amide bonds. The molecule has 0 aromatic carbocycles. The first-order valence-electron chi connectivity index (χ1n) is 6.28. The second kappa shape index (κ2) is 6.96.